The fourth-order valence-electron chi connectivity index (χ4n) is 3.83. The van der Waals surface area contributed by atoms with Crippen molar-refractivity contribution in [3.8, 4) is 5.75 Å². The number of aryl methyl sites for hydroxylation is 1. The second-order valence-corrected chi connectivity index (χ2v) is 7.65. The molecule has 0 spiro atoms. The van der Waals surface area contributed by atoms with Crippen LogP contribution in [0.1, 0.15) is 40.9 Å². The normalized spacial score (nSPS) is 20.2. The Bertz CT molecular complexity index is 1060. The number of ether oxygens (including phenoxy) is 1. The Kier molecular flexibility index (Phi) is 4.09. The van der Waals surface area contributed by atoms with Gasteiger partial charge in [-0.05, 0) is 42.8 Å². The van der Waals surface area contributed by atoms with Crippen molar-refractivity contribution in [2.45, 2.75) is 25.6 Å². The number of hydrogen-bond donors (Lipinski definition) is 0. The van der Waals surface area contributed by atoms with Gasteiger partial charge in [0.1, 0.15) is 11.6 Å². The zero-order chi connectivity index (χ0) is 19.3. The van der Waals surface area contributed by atoms with Crippen LogP contribution < -0.4 is 4.74 Å². The summed E-state index contributed by atoms with van der Waals surface area (Å²) in [5, 5.41) is 7.55. The minimum atomic E-state index is -0.415. The van der Waals surface area contributed by atoms with Crippen molar-refractivity contribution in [3.63, 3.8) is 0 Å². The van der Waals surface area contributed by atoms with E-state index in [1.54, 1.807) is 12.1 Å². The average molecular weight is 393 g/mol. The molecule has 0 amide bonds. The first-order chi connectivity index (χ1) is 13.6. The lowest BCUT2D eigenvalue weighted by molar-refractivity contribution is -0.0190. The second-order valence-electron chi connectivity index (χ2n) is 7.22. The molecule has 0 saturated heterocycles. The van der Waals surface area contributed by atoms with E-state index in [1.807, 2.05) is 23.2 Å². The van der Waals surface area contributed by atoms with Gasteiger partial charge in [-0.2, -0.15) is 5.10 Å². The maximum Gasteiger partial charge on any atom is 0.213 e. The molecule has 28 heavy (non-hydrogen) atoms. The molecule has 0 radical (unpaired) electrons. The predicted molar refractivity (Wildman–Crippen MR) is 108 cm³/mol. The highest BCUT2D eigenvalue weighted by Crippen LogP contribution is 2.48. The molecule has 0 saturated carbocycles. The number of halogens is 2. The smallest absolute Gasteiger partial charge is 0.213 e. The molecule has 2 unspecified atom stereocenters. The molecule has 5 rings (SSSR count). The van der Waals surface area contributed by atoms with Gasteiger partial charge in [-0.1, -0.05) is 53.6 Å². The zero-order valence-corrected chi connectivity index (χ0v) is 16.0. The van der Waals surface area contributed by atoms with Crippen molar-refractivity contribution in [2.24, 2.45) is 5.10 Å². The maximum absolute atomic E-state index is 13.4. The van der Waals surface area contributed by atoms with Gasteiger partial charge < -0.3 is 4.74 Å². The number of benzene rings is 3. The minimum Gasteiger partial charge on any atom is -0.464 e. The van der Waals surface area contributed by atoms with Crippen molar-refractivity contribution >= 4 is 17.3 Å². The molecule has 0 N–H and O–H groups in total. The Labute approximate surface area is 168 Å². The topological polar surface area (TPSA) is 24.8 Å². The molecule has 3 aromatic rings. The van der Waals surface area contributed by atoms with Gasteiger partial charge in [0.25, 0.3) is 0 Å². The summed E-state index contributed by atoms with van der Waals surface area (Å²) < 4.78 is 19.7. The van der Waals surface area contributed by atoms with Crippen LogP contribution in [0.15, 0.2) is 71.8 Å². The van der Waals surface area contributed by atoms with Crippen molar-refractivity contribution in [1.82, 2.24) is 5.01 Å². The lowest BCUT2D eigenvalue weighted by atomic mass is 9.95. The number of nitrogens with zero attached hydrogens (tertiary/aromatic N) is 2. The Balaban J connectivity index is 1.59. The van der Waals surface area contributed by atoms with Crippen LogP contribution in [0.2, 0.25) is 5.02 Å². The fourth-order valence-corrected chi connectivity index (χ4v) is 4.01. The second kappa shape index (κ2) is 6.64. The van der Waals surface area contributed by atoms with Crippen LogP contribution in [-0.2, 0) is 0 Å². The van der Waals surface area contributed by atoms with Gasteiger partial charge in [0, 0.05) is 22.6 Å². The molecule has 0 bridgehead atoms. The molecule has 0 aliphatic carbocycles. The van der Waals surface area contributed by atoms with Gasteiger partial charge in [0.15, 0.2) is 0 Å². The van der Waals surface area contributed by atoms with Crippen LogP contribution in [-0.4, -0.2) is 10.7 Å². The highest BCUT2D eigenvalue weighted by molar-refractivity contribution is 6.30. The van der Waals surface area contributed by atoms with E-state index in [-0.39, 0.29) is 11.9 Å². The van der Waals surface area contributed by atoms with Gasteiger partial charge in [0.05, 0.1) is 11.8 Å². The molecule has 140 valence electrons. The summed E-state index contributed by atoms with van der Waals surface area (Å²) in [6.07, 6.45) is 0.347. The van der Waals surface area contributed by atoms with Crippen LogP contribution in [0, 0.1) is 12.7 Å². The van der Waals surface area contributed by atoms with E-state index in [9.17, 15) is 4.39 Å². The van der Waals surface area contributed by atoms with Gasteiger partial charge >= 0.3 is 0 Å². The third kappa shape index (κ3) is 2.94. The molecule has 2 aliphatic heterocycles. The first kappa shape index (κ1) is 17.3. The highest BCUT2D eigenvalue weighted by Gasteiger charge is 2.41. The van der Waals surface area contributed by atoms with Crippen molar-refractivity contribution in [3.05, 3.63) is 99.8 Å². The van der Waals surface area contributed by atoms with Crippen LogP contribution in [0.4, 0.5) is 4.39 Å². The van der Waals surface area contributed by atoms with E-state index >= 15 is 0 Å². The summed E-state index contributed by atoms with van der Waals surface area (Å²) in [5.74, 6) is 0.522. The molecule has 2 aliphatic rings. The minimum absolute atomic E-state index is 0.0220. The molecular weight excluding hydrogens is 375 g/mol. The Hall–Kier alpha value is -2.85. The maximum atomic E-state index is 13.4. The number of fused-ring (bicyclic) bond motifs is 3. The van der Waals surface area contributed by atoms with E-state index in [1.165, 1.54) is 17.7 Å². The molecule has 5 heteroatoms. The fraction of sp³-hybridized carbons (Fsp3) is 0.174. The first-order valence-electron chi connectivity index (χ1n) is 9.23. The first-order valence-corrected chi connectivity index (χ1v) is 9.61. The molecule has 3 nitrogen and oxygen atoms in total. The monoisotopic (exact) mass is 392 g/mol. The number of hydrazone groups is 1. The Morgan fingerprint density at radius 1 is 1.04 bits per heavy atom. The Morgan fingerprint density at radius 2 is 1.79 bits per heavy atom. The lowest BCUT2D eigenvalue weighted by Gasteiger charge is -2.38. The van der Waals surface area contributed by atoms with Gasteiger partial charge in [-0.3, -0.25) is 0 Å². The molecule has 2 atom stereocenters. The predicted octanol–water partition coefficient (Wildman–Crippen LogP) is 6.03. The lowest BCUT2D eigenvalue weighted by Crippen LogP contribution is -2.33. The van der Waals surface area contributed by atoms with Crippen LogP contribution in [0.25, 0.3) is 0 Å². The van der Waals surface area contributed by atoms with E-state index in [0.29, 0.717) is 5.02 Å². The van der Waals surface area contributed by atoms with Crippen molar-refractivity contribution in [2.75, 3.05) is 0 Å². The largest absolute Gasteiger partial charge is 0.464 e. The van der Waals surface area contributed by atoms with E-state index in [0.717, 1.165) is 34.6 Å². The summed E-state index contributed by atoms with van der Waals surface area (Å²) in [4.78, 5) is 0. The van der Waals surface area contributed by atoms with Crippen LogP contribution >= 0.6 is 11.6 Å². The molecule has 0 aromatic heterocycles. The van der Waals surface area contributed by atoms with Crippen molar-refractivity contribution < 1.29 is 9.13 Å². The van der Waals surface area contributed by atoms with Crippen molar-refractivity contribution in [1.29, 1.82) is 0 Å². The summed E-state index contributed by atoms with van der Waals surface area (Å²) in [6.45, 7) is 2.07. The summed E-state index contributed by atoms with van der Waals surface area (Å²) in [7, 11) is 0. The zero-order valence-electron chi connectivity index (χ0n) is 15.3. The number of hydrogen-bond acceptors (Lipinski definition) is 3. The third-order valence-corrected chi connectivity index (χ3v) is 5.53. The highest BCUT2D eigenvalue weighted by atomic mass is 35.5. The molecule has 0 fully saturated rings. The molecular formula is C23H18ClFN2O. The summed E-state index contributed by atoms with van der Waals surface area (Å²) >= 11 is 6.26. The molecule has 3 aromatic carbocycles. The van der Waals surface area contributed by atoms with Gasteiger partial charge in [-0.25, -0.2) is 9.40 Å². The standard InChI is InChI=1S/C23H18ClFN2O/c1-14-2-4-15(5-3-14)20-13-21-19-12-17(24)8-11-22(19)28-23(27(21)26-20)16-6-9-18(25)10-7-16/h2-12,21,23H,13H2,1H3. The van der Waals surface area contributed by atoms with E-state index < -0.39 is 6.23 Å². The Morgan fingerprint density at radius 3 is 2.54 bits per heavy atom. The summed E-state index contributed by atoms with van der Waals surface area (Å²) in [5.41, 5.74) is 5.21. The number of rotatable bonds is 2. The third-order valence-electron chi connectivity index (χ3n) is 5.29. The average Bonchev–Trinajstić information content (AvgIpc) is 3.14. The SMILES string of the molecule is Cc1ccc(C2=NN3C(C2)c2cc(Cl)ccc2OC3c2ccc(F)cc2)cc1. The van der Waals surface area contributed by atoms with E-state index in [2.05, 4.69) is 31.2 Å². The van der Waals surface area contributed by atoms with Crippen LogP contribution in [0.3, 0.4) is 0 Å². The van der Waals surface area contributed by atoms with E-state index in [4.69, 9.17) is 21.4 Å². The quantitative estimate of drug-likeness (QED) is 0.532. The summed E-state index contributed by atoms with van der Waals surface area (Å²) in [6, 6.07) is 20.5. The van der Waals surface area contributed by atoms with Gasteiger partial charge in [0.2, 0.25) is 6.23 Å². The molecule has 2 heterocycles. The van der Waals surface area contributed by atoms with Crippen LogP contribution in [0.5, 0.6) is 5.75 Å². The van der Waals surface area contributed by atoms with Gasteiger partial charge in [-0.15, -0.1) is 0 Å².